The number of phenolic OH excluding ortho intramolecular Hbond substituents is 1. The molecule has 0 aliphatic rings. The van der Waals surface area contributed by atoms with Gasteiger partial charge in [0, 0.05) is 32.8 Å². The van der Waals surface area contributed by atoms with Crippen LogP contribution in [0.1, 0.15) is 57.2 Å². The Balaban J connectivity index is 0.00000337. The molecule has 0 amide bonds. The number of hydrogen-bond acceptors (Lipinski definition) is 4. The number of benzene rings is 4. The molecule has 4 aromatic carbocycles. The molecule has 0 spiro atoms. The summed E-state index contributed by atoms with van der Waals surface area (Å²) < 4.78 is 6.13. The third kappa shape index (κ3) is 5.34. The van der Waals surface area contributed by atoms with Gasteiger partial charge in [0.1, 0.15) is 11.3 Å². The molecule has 210 valence electrons. The van der Waals surface area contributed by atoms with E-state index in [0.717, 1.165) is 33.3 Å². The van der Waals surface area contributed by atoms with E-state index in [4.69, 9.17) is 14.4 Å². The second kappa shape index (κ2) is 10.9. The van der Waals surface area contributed by atoms with E-state index in [-0.39, 0.29) is 32.2 Å². The number of fused-ring (bicyclic) bond motifs is 2. The first-order chi connectivity index (χ1) is 19.1. The topological polar surface area (TPSA) is 59.2 Å². The Morgan fingerprint density at radius 1 is 0.829 bits per heavy atom. The number of aryl methyl sites for hydroxylation is 1. The average Bonchev–Trinajstić information content (AvgIpc) is 3.36. The number of aromatic nitrogens is 2. The SMILES string of the molecule is Cc1ccnc2c(-c3[c-]c(-c4cccc5oc(-c6ccccc6O)nc45)cc(C(C)(C)C)c3)cc(C(C)C)cc12.[Pt]. The number of para-hydroxylation sites is 2. The number of rotatable bonds is 4. The monoisotopic (exact) mass is 720 g/mol. The number of aromatic hydroxyl groups is 1. The molecule has 1 N–H and O–H groups in total. The van der Waals surface area contributed by atoms with Gasteiger partial charge < -0.3 is 9.52 Å². The van der Waals surface area contributed by atoms with Crippen LogP contribution in [-0.4, -0.2) is 15.1 Å². The van der Waals surface area contributed by atoms with Gasteiger partial charge in [0.2, 0.25) is 5.89 Å². The quantitative estimate of drug-likeness (QED) is 0.184. The zero-order valence-electron chi connectivity index (χ0n) is 24.1. The molecule has 0 aliphatic heterocycles. The van der Waals surface area contributed by atoms with Crippen molar-refractivity contribution in [2.45, 2.75) is 52.9 Å². The van der Waals surface area contributed by atoms with Gasteiger partial charge in [-0.25, -0.2) is 4.98 Å². The van der Waals surface area contributed by atoms with E-state index in [2.05, 4.69) is 84.0 Å². The third-order valence-electron chi connectivity index (χ3n) is 7.62. The van der Waals surface area contributed by atoms with Crippen LogP contribution in [0.2, 0.25) is 0 Å². The van der Waals surface area contributed by atoms with Gasteiger partial charge in [-0.15, -0.1) is 34.9 Å². The zero-order chi connectivity index (χ0) is 28.2. The fraction of sp³-hybridized carbons (Fsp3) is 0.222. The number of hydrogen-bond donors (Lipinski definition) is 1. The molecule has 41 heavy (non-hydrogen) atoms. The van der Waals surface area contributed by atoms with Crippen molar-refractivity contribution >= 4 is 22.0 Å². The Morgan fingerprint density at radius 2 is 1.54 bits per heavy atom. The van der Waals surface area contributed by atoms with Crippen LogP contribution >= 0.6 is 0 Å². The number of nitrogens with zero attached hydrogens (tertiary/aromatic N) is 2. The van der Waals surface area contributed by atoms with Crippen LogP contribution in [0.3, 0.4) is 0 Å². The van der Waals surface area contributed by atoms with Crippen LogP contribution in [0.15, 0.2) is 83.4 Å². The first-order valence-corrected chi connectivity index (χ1v) is 13.8. The summed E-state index contributed by atoms with van der Waals surface area (Å²) in [5.74, 6) is 0.909. The summed E-state index contributed by atoms with van der Waals surface area (Å²) in [6.07, 6.45) is 1.89. The fourth-order valence-electron chi connectivity index (χ4n) is 5.18. The van der Waals surface area contributed by atoms with E-state index in [9.17, 15) is 5.11 Å². The second-order valence-corrected chi connectivity index (χ2v) is 11.9. The first-order valence-electron chi connectivity index (χ1n) is 13.8. The Hall–Kier alpha value is -3.75. The third-order valence-corrected chi connectivity index (χ3v) is 7.62. The summed E-state index contributed by atoms with van der Waals surface area (Å²) in [5, 5.41) is 11.6. The molecule has 0 saturated heterocycles. The molecule has 2 aromatic heterocycles. The van der Waals surface area contributed by atoms with Crippen molar-refractivity contribution in [2.75, 3.05) is 0 Å². The van der Waals surface area contributed by atoms with Gasteiger partial charge in [-0.05, 0) is 53.5 Å². The molecule has 0 aliphatic carbocycles. The summed E-state index contributed by atoms with van der Waals surface area (Å²) >= 11 is 0. The predicted octanol–water partition coefficient (Wildman–Crippen LogP) is 9.61. The van der Waals surface area contributed by atoms with Crippen molar-refractivity contribution in [1.29, 1.82) is 0 Å². The smallest absolute Gasteiger partial charge is 0.230 e. The predicted molar refractivity (Wildman–Crippen MR) is 164 cm³/mol. The van der Waals surface area contributed by atoms with E-state index in [1.807, 2.05) is 30.5 Å². The first kappa shape index (κ1) is 28.8. The molecule has 0 saturated carbocycles. The van der Waals surface area contributed by atoms with E-state index in [1.54, 1.807) is 12.1 Å². The van der Waals surface area contributed by atoms with Crippen LogP contribution in [0, 0.1) is 13.0 Å². The molecule has 0 atom stereocenters. The maximum absolute atomic E-state index is 10.4. The molecule has 6 aromatic rings. The fourth-order valence-corrected chi connectivity index (χ4v) is 5.18. The van der Waals surface area contributed by atoms with Gasteiger partial charge in [-0.2, -0.15) is 0 Å². The Morgan fingerprint density at radius 3 is 2.24 bits per heavy atom. The van der Waals surface area contributed by atoms with Crippen LogP contribution in [-0.2, 0) is 26.5 Å². The Kier molecular flexibility index (Phi) is 7.65. The van der Waals surface area contributed by atoms with E-state index >= 15 is 0 Å². The van der Waals surface area contributed by atoms with Crippen molar-refractivity contribution in [3.8, 4) is 39.5 Å². The van der Waals surface area contributed by atoms with Crippen LogP contribution in [0.4, 0.5) is 0 Å². The maximum atomic E-state index is 10.4. The van der Waals surface area contributed by atoms with Crippen LogP contribution in [0.5, 0.6) is 5.75 Å². The second-order valence-electron chi connectivity index (χ2n) is 11.9. The Bertz CT molecular complexity index is 1900. The van der Waals surface area contributed by atoms with Gasteiger partial charge in [0.15, 0.2) is 0 Å². The van der Waals surface area contributed by atoms with Gasteiger partial charge in [0.05, 0.1) is 11.1 Å². The van der Waals surface area contributed by atoms with Gasteiger partial charge >= 0.3 is 0 Å². The van der Waals surface area contributed by atoms with Crippen LogP contribution in [0.25, 0.3) is 55.7 Å². The van der Waals surface area contributed by atoms with Crippen LogP contribution < -0.4 is 0 Å². The molecular weight excluding hydrogens is 687 g/mol. The summed E-state index contributed by atoms with van der Waals surface area (Å²) in [4.78, 5) is 9.69. The van der Waals surface area contributed by atoms with Crippen molar-refractivity contribution in [3.63, 3.8) is 0 Å². The molecule has 4 nitrogen and oxygen atoms in total. The zero-order valence-corrected chi connectivity index (χ0v) is 26.4. The number of oxazole rings is 1. The summed E-state index contributed by atoms with van der Waals surface area (Å²) in [7, 11) is 0. The minimum absolute atomic E-state index is 0. The number of pyridine rings is 1. The van der Waals surface area contributed by atoms with Gasteiger partial charge in [0.25, 0.3) is 0 Å². The van der Waals surface area contributed by atoms with E-state index in [0.29, 0.717) is 23.0 Å². The standard InChI is InChI=1S/C36H33N2O2.Pt/c1-21(2)23-19-29-22(3)14-15-37-33(29)30(20-23)25-16-24(17-26(18-25)36(4,5)6)27-11-9-13-32-34(27)38-35(40-32)28-10-7-8-12-31(28)39;/h7-15,17-21,39H,1-6H3;/q-1;. The maximum Gasteiger partial charge on any atom is 0.230 e. The largest absolute Gasteiger partial charge is 0.507 e. The van der Waals surface area contributed by atoms with Crippen molar-refractivity contribution in [2.24, 2.45) is 0 Å². The molecule has 0 unspecified atom stereocenters. The molecular formula is C36H33N2O2Pt-. The van der Waals surface area contributed by atoms with Crippen molar-refractivity contribution < 1.29 is 30.6 Å². The minimum Gasteiger partial charge on any atom is -0.507 e. The summed E-state index contributed by atoms with van der Waals surface area (Å²) in [6, 6.07) is 27.9. The summed E-state index contributed by atoms with van der Waals surface area (Å²) in [5.41, 5.74) is 10.5. The number of phenols is 1. The average molecular weight is 721 g/mol. The normalized spacial score (nSPS) is 11.8. The van der Waals surface area contributed by atoms with Crippen molar-refractivity contribution in [3.05, 3.63) is 102 Å². The van der Waals surface area contributed by atoms with E-state index < -0.39 is 0 Å². The Labute approximate surface area is 255 Å². The van der Waals surface area contributed by atoms with Gasteiger partial charge in [-0.3, -0.25) is 4.98 Å². The molecule has 0 radical (unpaired) electrons. The molecule has 2 heterocycles. The van der Waals surface area contributed by atoms with Gasteiger partial charge in [-0.1, -0.05) is 87.7 Å². The molecule has 0 fully saturated rings. The molecule has 0 bridgehead atoms. The van der Waals surface area contributed by atoms with E-state index in [1.165, 1.54) is 22.1 Å². The molecule has 6 rings (SSSR count). The molecule has 5 heteroatoms. The summed E-state index contributed by atoms with van der Waals surface area (Å²) in [6.45, 7) is 13.3. The minimum atomic E-state index is -0.0912. The van der Waals surface area contributed by atoms with Crippen molar-refractivity contribution in [1.82, 2.24) is 9.97 Å².